The van der Waals surface area contributed by atoms with Gasteiger partial charge < -0.3 is 29.5 Å². The zero-order valence-corrected chi connectivity index (χ0v) is 24.6. The first-order valence-corrected chi connectivity index (χ1v) is 14.4. The van der Waals surface area contributed by atoms with E-state index in [9.17, 15) is 19.5 Å². The van der Waals surface area contributed by atoms with E-state index in [0.717, 1.165) is 30.0 Å². The van der Waals surface area contributed by atoms with Gasteiger partial charge in [-0.3, -0.25) is 4.79 Å². The monoisotopic (exact) mass is 570 g/mol. The third kappa shape index (κ3) is 7.77. The standard InChI is InChI=1S/C30H42N4O7/c1-30(2,3)25(33-29(37)38)27(35)34-17-20(16-24(34)28(36)40-5)41-26-22(10-8-6-7-9-18-11-12-18)31-21-14-13-19(39-4)15-23(21)32-26/h13-15,18,20,24-25,33H,6-12,16-17H2,1-5H3,(H,37,38)/t20-,24+,25-/m1/s1. The first kappa shape index (κ1) is 30.3. The van der Waals surface area contributed by atoms with Gasteiger partial charge in [-0.05, 0) is 36.3 Å². The lowest BCUT2D eigenvalue weighted by Gasteiger charge is -2.34. The number of rotatable bonds is 12. The van der Waals surface area contributed by atoms with Crippen LogP contribution in [0, 0.1) is 11.3 Å². The molecule has 224 valence electrons. The molecule has 2 N–H and O–H groups in total. The van der Waals surface area contributed by atoms with Gasteiger partial charge in [0.1, 0.15) is 29.6 Å². The summed E-state index contributed by atoms with van der Waals surface area (Å²) >= 11 is 0. The summed E-state index contributed by atoms with van der Waals surface area (Å²) in [6, 6.07) is 3.52. The molecular weight excluding hydrogens is 528 g/mol. The summed E-state index contributed by atoms with van der Waals surface area (Å²) in [5.74, 6) is 0.827. The van der Waals surface area contributed by atoms with Gasteiger partial charge in [0.15, 0.2) is 0 Å². The zero-order valence-electron chi connectivity index (χ0n) is 24.6. The fourth-order valence-corrected chi connectivity index (χ4v) is 5.33. The number of nitrogens with zero attached hydrogens (tertiary/aromatic N) is 3. The van der Waals surface area contributed by atoms with Crippen LogP contribution in [0.3, 0.4) is 0 Å². The largest absolute Gasteiger partial charge is 0.497 e. The predicted octanol–water partition coefficient (Wildman–Crippen LogP) is 4.35. The molecule has 1 aliphatic heterocycles. The van der Waals surface area contributed by atoms with Crippen LogP contribution in [0.5, 0.6) is 11.6 Å². The van der Waals surface area contributed by atoms with Crippen LogP contribution in [-0.2, 0) is 20.7 Å². The molecule has 11 heteroatoms. The molecule has 1 aliphatic carbocycles. The number of hydrogen-bond acceptors (Lipinski definition) is 8. The summed E-state index contributed by atoms with van der Waals surface area (Å²) < 4.78 is 16.7. The summed E-state index contributed by atoms with van der Waals surface area (Å²) in [6.07, 6.45) is 6.22. The second kappa shape index (κ2) is 12.9. The Morgan fingerprint density at radius 3 is 2.49 bits per heavy atom. The Morgan fingerprint density at radius 1 is 1.10 bits per heavy atom. The average Bonchev–Trinajstić information content (AvgIpc) is 3.66. The first-order valence-electron chi connectivity index (χ1n) is 14.4. The van der Waals surface area contributed by atoms with Crippen molar-refractivity contribution in [1.29, 1.82) is 0 Å². The van der Waals surface area contributed by atoms with Crippen molar-refractivity contribution < 1.29 is 33.7 Å². The normalized spacial score (nSPS) is 19.6. The lowest BCUT2D eigenvalue weighted by atomic mass is 9.85. The Bertz CT molecular complexity index is 1260. The number of fused-ring (bicyclic) bond motifs is 1. The van der Waals surface area contributed by atoms with Crippen LogP contribution in [0.2, 0.25) is 0 Å². The Labute approximate surface area is 240 Å². The number of carboxylic acid groups (broad SMARTS) is 1. The fourth-order valence-electron chi connectivity index (χ4n) is 5.33. The van der Waals surface area contributed by atoms with E-state index < -0.39 is 41.6 Å². The minimum atomic E-state index is -1.32. The summed E-state index contributed by atoms with van der Waals surface area (Å²) in [7, 11) is 2.85. The molecule has 41 heavy (non-hydrogen) atoms. The van der Waals surface area contributed by atoms with E-state index >= 15 is 0 Å². The summed E-state index contributed by atoms with van der Waals surface area (Å²) in [6.45, 7) is 5.36. The number of esters is 1. The number of aryl methyl sites for hydroxylation is 1. The lowest BCUT2D eigenvalue weighted by Crippen LogP contribution is -2.56. The Kier molecular flexibility index (Phi) is 9.55. The minimum absolute atomic E-state index is 0.0745. The van der Waals surface area contributed by atoms with E-state index in [1.807, 2.05) is 12.1 Å². The molecule has 3 atom stereocenters. The van der Waals surface area contributed by atoms with Crippen molar-refractivity contribution in [3.05, 3.63) is 23.9 Å². The number of likely N-dealkylation sites (tertiary alicyclic amines) is 1. The van der Waals surface area contributed by atoms with Crippen molar-refractivity contribution in [1.82, 2.24) is 20.2 Å². The summed E-state index contributed by atoms with van der Waals surface area (Å²) in [4.78, 5) is 48.8. The molecule has 2 fully saturated rings. The van der Waals surface area contributed by atoms with Crippen molar-refractivity contribution in [2.75, 3.05) is 20.8 Å². The van der Waals surface area contributed by atoms with E-state index in [2.05, 4.69) is 5.32 Å². The number of hydrogen-bond donors (Lipinski definition) is 2. The highest BCUT2D eigenvalue weighted by atomic mass is 16.5. The van der Waals surface area contributed by atoms with Crippen molar-refractivity contribution in [3.8, 4) is 11.6 Å². The number of benzene rings is 1. The van der Waals surface area contributed by atoms with E-state index in [0.29, 0.717) is 23.6 Å². The molecule has 11 nitrogen and oxygen atoms in total. The molecule has 1 saturated carbocycles. The third-order valence-corrected chi connectivity index (χ3v) is 7.81. The van der Waals surface area contributed by atoms with Crippen LogP contribution in [-0.4, -0.2) is 76.9 Å². The molecule has 0 bridgehead atoms. The highest BCUT2D eigenvalue weighted by molar-refractivity contribution is 5.90. The van der Waals surface area contributed by atoms with E-state index in [1.165, 1.54) is 37.7 Å². The highest BCUT2D eigenvalue weighted by Crippen LogP contribution is 2.34. The van der Waals surface area contributed by atoms with Gasteiger partial charge in [-0.25, -0.2) is 19.6 Å². The van der Waals surface area contributed by atoms with Crippen LogP contribution >= 0.6 is 0 Å². The molecular formula is C30H42N4O7. The van der Waals surface area contributed by atoms with Gasteiger partial charge in [-0.1, -0.05) is 52.9 Å². The minimum Gasteiger partial charge on any atom is -0.497 e. The number of aromatic nitrogens is 2. The second-order valence-electron chi connectivity index (χ2n) is 12.1. The highest BCUT2D eigenvalue weighted by Gasteiger charge is 2.46. The molecule has 2 heterocycles. The summed E-state index contributed by atoms with van der Waals surface area (Å²) in [5.41, 5.74) is 1.35. The van der Waals surface area contributed by atoms with Gasteiger partial charge >= 0.3 is 12.1 Å². The number of unbranched alkanes of at least 4 members (excludes halogenated alkanes) is 2. The SMILES string of the molecule is COC(=O)[C@@H]1C[C@@H](Oc2nc3cc(OC)ccc3nc2CCCCCC2CC2)CN1C(=O)[C@@H](NC(=O)O)C(C)(C)C. The number of carbonyl (C=O) groups excluding carboxylic acids is 2. The Balaban J connectivity index is 1.57. The van der Waals surface area contributed by atoms with Gasteiger partial charge in [0.05, 0.1) is 31.8 Å². The number of ether oxygens (including phenoxy) is 3. The van der Waals surface area contributed by atoms with Gasteiger partial charge in [0.25, 0.3) is 0 Å². The van der Waals surface area contributed by atoms with Crippen molar-refractivity contribution in [3.63, 3.8) is 0 Å². The first-order chi connectivity index (χ1) is 19.5. The quantitative estimate of drug-likeness (QED) is 0.281. The van der Waals surface area contributed by atoms with Gasteiger partial charge in [-0.15, -0.1) is 0 Å². The molecule has 1 saturated heterocycles. The van der Waals surface area contributed by atoms with Crippen molar-refractivity contribution in [2.45, 2.75) is 90.3 Å². The fraction of sp³-hybridized carbons (Fsp3) is 0.633. The van der Waals surface area contributed by atoms with Gasteiger partial charge in [0.2, 0.25) is 11.8 Å². The van der Waals surface area contributed by atoms with Crippen LogP contribution in [0.25, 0.3) is 11.0 Å². The van der Waals surface area contributed by atoms with Crippen molar-refractivity contribution >= 4 is 29.0 Å². The number of amides is 2. The molecule has 0 unspecified atom stereocenters. The van der Waals surface area contributed by atoms with Crippen LogP contribution < -0.4 is 14.8 Å². The van der Waals surface area contributed by atoms with Gasteiger partial charge in [0, 0.05) is 12.5 Å². The molecule has 2 aliphatic rings. The topological polar surface area (TPSA) is 140 Å². The Morgan fingerprint density at radius 2 is 1.85 bits per heavy atom. The van der Waals surface area contributed by atoms with Crippen LogP contribution in [0.4, 0.5) is 4.79 Å². The number of carbonyl (C=O) groups is 3. The third-order valence-electron chi connectivity index (χ3n) is 7.81. The average molecular weight is 571 g/mol. The van der Waals surface area contributed by atoms with Gasteiger partial charge in [-0.2, -0.15) is 0 Å². The van der Waals surface area contributed by atoms with E-state index in [1.54, 1.807) is 33.9 Å². The molecule has 2 amide bonds. The maximum Gasteiger partial charge on any atom is 0.405 e. The molecule has 0 radical (unpaired) electrons. The molecule has 1 aromatic heterocycles. The second-order valence-corrected chi connectivity index (χ2v) is 12.1. The number of nitrogens with one attached hydrogen (secondary N) is 1. The maximum atomic E-state index is 13.6. The predicted molar refractivity (Wildman–Crippen MR) is 152 cm³/mol. The maximum absolute atomic E-state index is 13.6. The smallest absolute Gasteiger partial charge is 0.405 e. The van der Waals surface area contributed by atoms with Crippen molar-refractivity contribution in [2.24, 2.45) is 11.3 Å². The number of methoxy groups -OCH3 is 2. The molecule has 4 rings (SSSR count). The van der Waals surface area contributed by atoms with Crippen LogP contribution in [0.15, 0.2) is 18.2 Å². The molecule has 0 spiro atoms. The summed E-state index contributed by atoms with van der Waals surface area (Å²) in [5, 5.41) is 11.7. The zero-order chi connectivity index (χ0) is 29.7. The van der Waals surface area contributed by atoms with E-state index in [-0.39, 0.29) is 13.0 Å². The Hall–Kier alpha value is -3.63. The molecule has 2 aromatic rings. The van der Waals surface area contributed by atoms with Crippen LogP contribution in [0.1, 0.15) is 71.4 Å². The van der Waals surface area contributed by atoms with E-state index in [4.69, 9.17) is 24.2 Å². The molecule has 1 aromatic carbocycles. The lowest BCUT2D eigenvalue weighted by molar-refractivity contribution is -0.152.